The van der Waals surface area contributed by atoms with Crippen LogP contribution in [-0.2, 0) is 16.2 Å². The van der Waals surface area contributed by atoms with E-state index in [9.17, 15) is 0 Å². The van der Waals surface area contributed by atoms with E-state index in [0.717, 1.165) is 39.5 Å². The van der Waals surface area contributed by atoms with Gasteiger partial charge in [0.05, 0.1) is 38.7 Å². The molecule has 1 aromatic heterocycles. The molecule has 0 N–H and O–H groups in total. The summed E-state index contributed by atoms with van der Waals surface area (Å²) >= 11 is 0. The maximum atomic E-state index is 2.79. The summed E-state index contributed by atoms with van der Waals surface area (Å²) < 4.78 is 2.57. The Morgan fingerprint density at radius 3 is 1.04 bits per heavy atom. The molecule has 8 aliphatic rings. The molecule has 0 fully saturated rings. The molecular weight excluding hydrogens is 1310 g/mol. The number of para-hydroxylation sites is 2. The van der Waals surface area contributed by atoms with Crippen LogP contribution < -0.4 is 26.2 Å². The Morgan fingerprint density at radius 1 is 0.202 bits per heavy atom. The van der Waals surface area contributed by atoms with Gasteiger partial charge in [-0.3, -0.25) is 0 Å². The normalized spacial score (nSPS) is 15.0. The third kappa shape index (κ3) is 6.96. The summed E-state index contributed by atoms with van der Waals surface area (Å²) in [6.45, 7) is -0.294. The number of nitrogens with zero attached hydrogens (tertiary/aromatic N) is 3. The lowest BCUT2D eigenvalue weighted by atomic mass is 9.33. The molecule has 0 unspecified atom stereocenters. The molecule has 500 valence electrons. The van der Waals surface area contributed by atoms with E-state index in [2.05, 4.69) is 390 Å². The standard InChI is InChI=1S/C105H62BN3/c1-2-27-63(28-3-1)64-53-55-65(56-54-64)107-97-60-79-74-36-11-22-47-87(74)104(82-42-17-6-31-69(82)70-32-7-18-43-83(70)104)90(79)61-93(97)106-92-59-78-73-35-10-21-46-86(73)105(84-44-19-8-33-71(84)72-34-9-20-45-85(72)105)91(78)62-98(92)109(100-58-66(57-99(107)102(100)106)108-94-50-24-13-37-75(94)76-38-14-25-51-95(76)108)96-52-26-49-89-101(96)77-39-12-23-48-88(77)103(89)80-40-15-4-29-67(80)68-30-5-16-41-81(68)103/h1-62H. The zero-order valence-corrected chi connectivity index (χ0v) is 59.2. The van der Waals surface area contributed by atoms with Crippen LogP contribution in [0.25, 0.3) is 105 Å². The third-order valence-corrected chi connectivity index (χ3v) is 26.6. The number of anilines is 6. The fraction of sp³-hybridized carbons (Fsp3) is 0.0286. The van der Waals surface area contributed by atoms with Crippen molar-refractivity contribution >= 4 is 79.0 Å². The number of aromatic nitrogens is 1. The summed E-state index contributed by atoms with van der Waals surface area (Å²) in [5.41, 5.74) is 45.8. The minimum atomic E-state index is -0.641. The SMILES string of the molecule is c1ccc(-c2ccc(N3c4cc5c(cc4B4c6cc7c(cc6N(c6cccc8c6-c6ccccc6C86c8ccccc8-c8ccccc86)c6cc(-n8c9ccccc9c9ccccc98)cc3c64)C3(c4ccccc4-c4ccccc43)c3ccccc3-7)C3(c4ccccc4-c4ccccc43)c3ccccc3-5)cc2)cc1. The lowest BCUT2D eigenvalue weighted by Crippen LogP contribution is -2.61. The van der Waals surface area contributed by atoms with Crippen molar-refractivity contribution in [3.8, 4) is 83.6 Å². The van der Waals surface area contributed by atoms with Crippen molar-refractivity contribution < 1.29 is 0 Å². The molecule has 0 saturated carbocycles. The predicted octanol–water partition coefficient (Wildman–Crippen LogP) is 23.6. The second kappa shape index (κ2) is 20.8. The number of fused-ring (bicyclic) bond motifs is 37. The van der Waals surface area contributed by atoms with Crippen LogP contribution in [0.5, 0.6) is 0 Å². The maximum absolute atomic E-state index is 2.79. The van der Waals surface area contributed by atoms with Crippen molar-refractivity contribution in [1.82, 2.24) is 4.57 Å². The summed E-state index contributed by atoms with van der Waals surface area (Å²) in [7, 11) is 0. The van der Waals surface area contributed by atoms with E-state index >= 15 is 0 Å². The first-order chi connectivity index (χ1) is 54.1. The topological polar surface area (TPSA) is 11.4 Å². The summed E-state index contributed by atoms with van der Waals surface area (Å²) in [6, 6.07) is 146. The van der Waals surface area contributed by atoms with Crippen molar-refractivity contribution in [1.29, 1.82) is 0 Å². The number of hydrogen-bond donors (Lipinski definition) is 0. The van der Waals surface area contributed by atoms with Crippen LogP contribution in [0.2, 0.25) is 0 Å². The van der Waals surface area contributed by atoms with Crippen molar-refractivity contribution in [2.45, 2.75) is 16.2 Å². The van der Waals surface area contributed by atoms with E-state index in [4.69, 9.17) is 0 Å². The Kier molecular flexibility index (Phi) is 11.2. The van der Waals surface area contributed by atoms with Gasteiger partial charge < -0.3 is 14.4 Å². The summed E-state index contributed by atoms with van der Waals surface area (Å²) in [5, 5.41) is 2.44. The zero-order valence-electron chi connectivity index (χ0n) is 59.2. The molecule has 3 nitrogen and oxygen atoms in total. The Bertz CT molecular complexity index is 6960. The lowest BCUT2D eigenvalue weighted by Gasteiger charge is -2.46. The smallest absolute Gasteiger partial charge is 0.252 e. The second-order valence-corrected chi connectivity index (χ2v) is 31.1. The van der Waals surface area contributed by atoms with E-state index in [1.54, 1.807) is 0 Å². The van der Waals surface area contributed by atoms with Crippen LogP contribution in [0.3, 0.4) is 0 Å². The first-order valence-corrected chi connectivity index (χ1v) is 38.4. The van der Waals surface area contributed by atoms with Crippen molar-refractivity contribution in [2.75, 3.05) is 9.80 Å². The molecule has 18 aromatic rings. The quantitative estimate of drug-likeness (QED) is 0.163. The summed E-state index contributed by atoms with van der Waals surface area (Å²) in [6.07, 6.45) is 0. The third-order valence-electron chi connectivity index (χ3n) is 26.6. The lowest BCUT2D eigenvalue weighted by molar-refractivity contribution is 0.793. The van der Waals surface area contributed by atoms with Gasteiger partial charge in [0.2, 0.25) is 0 Å². The predicted molar refractivity (Wildman–Crippen MR) is 449 cm³/mol. The zero-order chi connectivity index (χ0) is 70.7. The highest BCUT2D eigenvalue weighted by atomic mass is 15.2. The number of benzene rings is 17. The fourth-order valence-electron chi connectivity index (χ4n) is 22.8. The van der Waals surface area contributed by atoms with Crippen molar-refractivity contribution in [2.24, 2.45) is 0 Å². The van der Waals surface area contributed by atoms with Gasteiger partial charge in [-0.15, -0.1) is 0 Å². The largest absolute Gasteiger partial charge is 0.311 e. The average molecular weight is 1380 g/mol. The molecule has 0 saturated heterocycles. The van der Waals surface area contributed by atoms with E-state index in [1.807, 2.05) is 0 Å². The van der Waals surface area contributed by atoms with Crippen LogP contribution in [0.1, 0.15) is 66.8 Å². The van der Waals surface area contributed by atoms with Gasteiger partial charge >= 0.3 is 0 Å². The first-order valence-electron chi connectivity index (χ1n) is 38.4. The first kappa shape index (κ1) is 58.5. The van der Waals surface area contributed by atoms with Crippen molar-refractivity contribution in [3.05, 3.63) is 443 Å². The minimum absolute atomic E-state index is 0.294. The molecule has 0 bridgehead atoms. The summed E-state index contributed by atoms with van der Waals surface area (Å²) in [4.78, 5) is 5.48. The molecular formula is C105H62BN3. The molecule has 26 rings (SSSR count). The Hall–Kier alpha value is -13.8. The van der Waals surface area contributed by atoms with E-state index in [-0.39, 0.29) is 6.71 Å². The Morgan fingerprint density at radius 2 is 0.550 bits per heavy atom. The van der Waals surface area contributed by atoms with Gasteiger partial charge in [0.1, 0.15) is 0 Å². The molecule has 0 amide bonds. The molecule has 0 atom stereocenters. The van der Waals surface area contributed by atoms with Crippen LogP contribution in [0, 0.1) is 0 Å². The molecule has 2 aliphatic heterocycles. The van der Waals surface area contributed by atoms with Gasteiger partial charge in [-0.05, 0) is 210 Å². The average Bonchev–Trinajstić information content (AvgIpc) is 1.55. The highest BCUT2D eigenvalue weighted by Crippen LogP contribution is 2.69. The minimum Gasteiger partial charge on any atom is -0.311 e. The van der Waals surface area contributed by atoms with Crippen molar-refractivity contribution in [3.63, 3.8) is 0 Å². The molecule has 6 aliphatic carbocycles. The molecule has 3 spiro atoms. The van der Waals surface area contributed by atoms with Crippen LogP contribution in [0.15, 0.2) is 376 Å². The highest BCUT2D eigenvalue weighted by molar-refractivity contribution is 7.00. The van der Waals surface area contributed by atoms with Crippen LogP contribution in [0.4, 0.5) is 34.1 Å². The van der Waals surface area contributed by atoms with Gasteiger partial charge in [0, 0.05) is 44.8 Å². The summed E-state index contributed by atoms with van der Waals surface area (Å²) in [5.74, 6) is 0. The highest BCUT2D eigenvalue weighted by Gasteiger charge is 2.58. The van der Waals surface area contributed by atoms with E-state index < -0.39 is 16.2 Å². The molecule has 0 radical (unpaired) electrons. The molecule has 3 heterocycles. The van der Waals surface area contributed by atoms with Crippen LogP contribution >= 0.6 is 0 Å². The Balaban J connectivity index is 0.851. The second-order valence-electron chi connectivity index (χ2n) is 31.1. The fourth-order valence-corrected chi connectivity index (χ4v) is 22.8. The van der Waals surface area contributed by atoms with E-state index in [1.165, 1.54) is 183 Å². The number of rotatable bonds is 4. The molecule has 4 heteroatoms. The monoisotopic (exact) mass is 1380 g/mol. The van der Waals surface area contributed by atoms with E-state index in [0.29, 0.717) is 0 Å². The molecule has 17 aromatic carbocycles. The van der Waals surface area contributed by atoms with Gasteiger partial charge in [-0.2, -0.15) is 0 Å². The number of hydrogen-bond acceptors (Lipinski definition) is 2. The Labute approximate surface area is 631 Å². The maximum Gasteiger partial charge on any atom is 0.252 e. The molecule has 109 heavy (non-hydrogen) atoms. The van der Waals surface area contributed by atoms with Crippen LogP contribution in [-0.4, -0.2) is 11.3 Å². The van der Waals surface area contributed by atoms with Gasteiger partial charge in [-0.1, -0.05) is 322 Å². The van der Waals surface area contributed by atoms with Gasteiger partial charge in [0.15, 0.2) is 0 Å². The van der Waals surface area contributed by atoms with Gasteiger partial charge in [0.25, 0.3) is 6.71 Å². The van der Waals surface area contributed by atoms with Gasteiger partial charge in [-0.25, -0.2) is 0 Å².